The van der Waals surface area contributed by atoms with Gasteiger partial charge in [0.15, 0.2) is 0 Å². The van der Waals surface area contributed by atoms with E-state index in [0.29, 0.717) is 39.1 Å². The Hall–Kier alpha value is -0.288. The first kappa shape index (κ1) is 35.9. The van der Waals surface area contributed by atoms with Crippen LogP contribution in [0, 0.1) is 11.3 Å². The van der Waals surface area contributed by atoms with Gasteiger partial charge in [0.05, 0.1) is 17.3 Å². The molecular formula is C28H49BO7Si4. The number of rotatable bonds is 16. The van der Waals surface area contributed by atoms with Crippen LogP contribution in [-0.2, 0) is 32.4 Å². The van der Waals surface area contributed by atoms with Crippen LogP contribution in [0.3, 0.4) is 0 Å². The molecule has 1 aromatic carbocycles. The Bertz CT molecular complexity index is 919. The lowest BCUT2D eigenvalue weighted by Crippen LogP contribution is -2.45. The fraction of sp³-hybridized carbons (Fsp3) is 0.786. The molecule has 8 radical (unpaired) electrons. The van der Waals surface area contributed by atoms with Gasteiger partial charge in [-0.1, -0.05) is 40.7 Å². The molecule has 1 aliphatic rings. The zero-order valence-electron chi connectivity index (χ0n) is 27.0. The minimum absolute atomic E-state index is 0.118. The summed E-state index contributed by atoms with van der Waals surface area (Å²) in [7, 11) is 0.802. The van der Waals surface area contributed by atoms with Gasteiger partial charge >= 0.3 is 7.12 Å². The van der Waals surface area contributed by atoms with Gasteiger partial charge in [0.1, 0.15) is 18.3 Å². The molecule has 0 spiro atoms. The van der Waals surface area contributed by atoms with Crippen LogP contribution >= 0.6 is 0 Å². The van der Waals surface area contributed by atoms with Crippen molar-refractivity contribution < 1.29 is 31.7 Å². The van der Waals surface area contributed by atoms with Gasteiger partial charge in [-0.2, -0.15) is 0 Å². The van der Waals surface area contributed by atoms with Crippen LogP contribution in [-0.4, -0.2) is 76.1 Å². The maximum Gasteiger partial charge on any atom is 0.494 e. The van der Waals surface area contributed by atoms with Gasteiger partial charge in [-0.3, -0.25) is 0 Å². The van der Waals surface area contributed by atoms with Crippen LogP contribution in [0.25, 0.3) is 0 Å². The second kappa shape index (κ2) is 14.5. The maximum absolute atomic E-state index is 6.71. The van der Waals surface area contributed by atoms with Crippen LogP contribution in [0.1, 0.15) is 74.8 Å². The quantitative estimate of drug-likeness (QED) is 0.189. The molecule has 2 atom stereocenters. The second-order valence-electron chi connectivity index (χ2n) is 12.5. The Morgan fingerprint density at radius 1 is 0.725 bits per heavy atom. The normalized spacial score (nSPS) is 18.9. The largest absolute Gasteiger partial charge is 0.494 e. The van der Waals surface area contributed by atoms with E-state index in [1.165, 1.54) is 0 Å². The highest BCUT2D eigenvalue weighted by molar-refractivity contribution is 6.62. The molecule has 222 valence electrons. The predicted molar refractivity (Wildman–Crippen MR) is 167 cm³/mol. The van der Waals surface area contributed by atoms with E-state index in [0.717, 1.165) is 16.8 Å². The summed E-state index contributed by atoms with van der Waals surface area (Å²) in [6.45, 7) is 29.4. The smallest absolute Gasteiger partial charge is 0.490 e. The highest BCUT2D eigenvalue weighted by atomic mass is 28.2. The summed E-state index contributed by atoms with van der Waals surface area (Å²) in [4.78, 5) is 0. The lowest BCUT2D eigenvalue weighted by Gasteiger charge is -2.41. The van der Waals surface area contributed by atoms with Gasteiger partial charge in [0.25, 0.3) is 0 Å². The summed E-state index contributed by atoms with van der Waals surface area (Å²) in [5, 5.41) is 0. The molecule has 0 unspecified atom stereocenters. The van der Waals surface area contributed by atoms with E-state index in [4.69, 9.17) is 31.7 Å². The predicted octanol–water partition coefficient (Wildman–Crippen LogP) is 5.08. The van der Waals surface area contributed by atoms with Crippen LogP contribution < -0.4 is 10.2 Å². The van der Waals surface area contributed by atoms with E-state index >= 15 is 0 Å². The highest BCUT2D eigenvalue weighted by Gasteiger charge is 2.52. The number of hydrogen-bond donors (Lipinski definition) is 0. The van der Waals surface area contributed by atoms with Crippen LogP contribution in [0.15, 0.2) is 18.2 Å². The van der Waals surface area contributed by atoms with Gasteiger partial charge in [-0.15, -0.1) is 0 Å². The van der Waals surface area contributed by atoms with E-state index in [9.17, 15) is 0 Å². The van der Waals surface area contributed by atoms with Crippen molar-refractivity contribution in [1.82, 2.24) is 0 Å². The van der Waals surface area contributed by atoms with Crippen molar-refractivity contribution in [3.63, 3.8) is 0 Å². The number of hydrogen-bond acceptors (Lipinski definition) is 7. The Kier molecular flexibility index (Phi) is 13.0. The third-order valence-corrected chi connectivity index (χ3v) is 10.3. The fourth-order valence-electron chi connectivity index (χ4n) is 4.52. The average Bonchev–Trinajstić information content (AvgIpc) is 3.09. The Balaban J connectivity index is 2.51. The zero-order chi connectivity index (χ0) is 30.5. The lowest BCUT2D eigenvalue weighted by atomic mass is 9.74. The van der Waals surface area contributed by atoms with Gasteiger partial charge in [0, 0.05) is 16.7 Å². The van der Waals surface area contributed by atoms with E-state index in [1.54, 1.807) is 0 Å². The summed E-state index contributed by atoms with van der Waals surface area (Å²) >= 11 is 0. The maximum atomic E-state index is 6.71. The van der Waals surface area contributed by atoms with E-state index in [1.807, 2.05) is 32.3 Å². The van der Waals surface area contributed by atoms with Crippen LogP contribution in [0.2, 0.25) is 26.2 Å². The third-order valence-electron chi connectivity index (χ3n) is 8.49. The molecule has 0 saturated carbocycles. The Morgan fingerprint density at radius 2 is 1.18 bits per heavy atom. The molecule has 1 aliphatic heterocycles. The molecule has 2 rings (SSSR count). The molecule has 0 N–H and O–H groups in total. The van der Waals surface area contributed by atoms with Crippen LogP contribution in [0.5, 0.6) is 5.75 Å². The van der Waals surface area contributed by atoms with Gasteiger partial charge in [-0.25, -0.2) is 0 Å². The summed E-state index contributed by atoms with van der Waals surface area (Å²) in [6.07, 6.45) is -0.812. The van der Waals surface area contributed by atoms with Crippen molar-refractivity contribution in [2.45, 2.75) is 131 Å². The minimum atomic E-state index is -0.518. The van der Waals surface area contributed by atoms with Crippen molar-refractivity contribution in [2.75, 3.05) is 0 Å². The second-order valence-corrected chi connectivity index (χ2v) is 15.1. The first-order valence-electron chi connectivity index (χ1n) is 14.0. The Labute approximate surface area is 254 Å². The summed E-state index contributed by atoms with van der Waals surface area (Å²) in [5.74, 6) is 0.888. The average molecular weight is 621 g/mol. The lowest BCUT2D eigenvalue weighted by molar-refractivity contribution is -0.117. The first-order chi connectivity index (χ1) is 18.5. The molecule has 40 heavy (non-hydrogen) atoms. The van der Waals surface area contributed by atoms with E-state index < -0.39 is 30.0 Å². The molecule has 7 nitrogen and oxygen atoms in total. The molecule has 1 saturated heterocycles. The van der Waals surface area contributed by atoms with Crippen molar-refractivity contribution in [2.24, 2.45) is 11.3 Å². The molecule has 0 aliphatic carbocycles. The summed E-state index contributed by atoms with van der Waals surface area (Å²) in [5.41, 5.74) is 0.333. The zero-order valence-corrected chi connectivity index (χ0v) is 31.0. The molecular weight excluding hydrogens is 571 g/mol. The van der Waals surface area contributed by atoms with Gasteiger partial charge in [0.2, 0.25) is 39.1 Å². The number of ether oxygens (including phenoxy) is 1. The fourth-order valence-corrected chi connectivity index (χ4v) is 6.96. The minimum Gasteiger partial charge on any atom is -0.490 e. The SMILES string of the molecule is C[Si]OC(O[Si]C)C(C)(C)c1cc(O[C@@H](C)[C@@H](C)C(C)(C)C(O[Si]C)O[Si]C)cc(B2OC(C)(C)C(C)(C)O2)c1. The third kappa shape index (κ3) is 8.20. The monoisotopic (exact) mass is 620 g/mol. The van der Waals surface area contributed by atoms with Crippen molar-refractivity contribution in [3.8, 4) is 5.75 Å². The summed E-state index contributed by atoms with van der Waals surface area (Å²) < 4.78 is 43.9. The van der Waals surface area contributed by atoms with Crippen molar-refractivity contribution in [3.05, 3.63) is 23.8 Å². The molecule has 12 heteroatoms. The molecule has 0 amide bonds. The Morgan fingerprint density at radius 3 is 1.62 bits per heavy atom. The molecule has 1 heterocycles. The summed E-state index contributed by atoms with van der Waals surface area (Å²) in [6, 6.07) is 6.29. The van der Waals surface area contributed by atoms with Crippen LogP contribution in [0.4, 0.5) is 0 Å². The van der Waals surface area contributed by atoms with Gasteiger partial charge < -0.3 is 31.7 Å². The first-order valence-corrected chi connectivity index (χ1v) is 19.6. The topological polar surface area (TPSA) is 64.6 Å². The molecule has 1 fully saturated rings. The molecule has 1 aromatic rings. The highest BCUT2D eigenvalue weighted by Crippen LogP contribution is 2.39. The molecule has 0 aromatic heterocycles. The van der Waals surface area contributed by atoms with Gasteiger partial charge in [-0.05, 0) is 84.0 Å². The number of benzene rings is 1. The van der Waals surface area contributed by atoms with Crippen molar-refractivity contribution in [1.29, 1.82) is 0 Å². The standard InChI is InChI=1S/C28H49BO7Si4/c1-18(25(3,4)23(31-37-11)32-38-12)19(2)30-22-16-20(26(5,6)24(33-39-13)34-40-14)15-21(17-22)29-35-27(7,8)28(9,10)36-29/h15-19,23-24H,1-14H3/t18-,19+/m1/s1. The molecule has 0 bridgehead atoms. The van der Waals surface area contributed by atoms with E-state index in [2.05, 4.69) is 81.4 Å². The van der Waals surface area contributed by atoms with Crippen molar-refractivity contribution >= 4 is 51.6 Å². The van der Waals surface area contributed by atoms with E-state index in [-0.39, 0.29) is 23.7 Å².